The van der Waals surface area contributed by atoms with Crippen molar-refractivity contribution in [2.24, 2.45) is 5.92 Å². The molecule has 25 heavy (non-hydrogen) atoms. The van der Waals surface area contributed by atoms with E-state index in [0.717, 1.165) is 18.7 Å². The number of likely N-dealkylation sites (tertiary alicyclic amines) is 1. The van der Waals surface area contributed by atoms with Crippen LogP contribution in [0.5, 0.6) is 0 Å². The van der Waals surface area contributed by atoms with Crippen LogP contribution in [-0.4, -0.2) is 39.6 Å². The Kier molecular flexibility index (Phi) is 5.21. The van der Waals surface area contributed by atoms with E-state index in [2.05, 4.69) is 10.4 Å². The Morgan fingerprint density at radius 2 is 2.08 bits per heavy atom. The van der Waals surface area contributed by atoms with E-state index in [1.54, 1.807) is 12.3 Å². The molecule has 0 radical (unpaired) electrons. The topological polar surface area (TPSA) is 80.4 Å². The number of amides is 2. The molecule has 7 heteroatoms. The maximum absolute atomic E-state index is 12.4. The van der Waals surface area contributed by atoms with Crippen LogP contribution in [0.15, 0.2) is 35.3 Å². The highest BCUT2D eigenvalue weighted by molar-refractivity contribution is 5.93. The van der Waals surface area contributed by atoms with E-state index in [0.29, 0.717) is 31.0 Å². The lowest BCUT2D eigenvalue weighted by atomic mass is 10.0. The van der Waals surface area contributed by atoms with Crippen LogP contribution in [0.25, 0.3) is 0 Å². The number of carbonyl (C=O) groups is 2. The number of hydrogen-bond donors (Lipinski definition) is 1. The molecule has 2 aromatic heterocycles. The van der Waals surface area contributed by atoms with E-state index in [1.807, 2.05) is 29.5 Å². The van der Waals surface area contributed by atoms with Crippen LogP contribution in [0.3, 0.4) is 0 Å². The predicted octanol–water partition coefficient (Wildman–Crippen LogP) is 2.94. The SMILES string of the molecule is CC(C)CC(=O)Nc1ccnn1C1CCN(C(=O)c2ccoc2)CC1. The minimum Gasteiger partial charge on any atom is -0.472 e. The van der Waals surface area contributed by atoms with Gasteiger partial charge in [-0.05, 0) is 24.8 Å². The summed E-state index contributed by atoms with van der Waals surface area (Å²) >= 11 is 0. The number of rotatable bonds is 5. The Balaban J connectivity index is 1.59. The van der Waals surface area contributed by atoms with Gasteiger partial charge in [0.2, 0.25) is 5.91 Å². The average Bonchev–Trinajstić information content (AvgIpc) is 3.25. The largest absolute Gasteiger partial charge is 0.472 e. The zero-order valence-corrected chi connectivity index (χ0v) is 14.6. The van der Waals surface area contributed by atoms with Crippen LogP contribution < -0.4 is 5.32 Å². The highest BCUT2D eigenvalue weighted by Gasteiger charge is 2.26. The number of nitrogens with zero attached hydrogens (tertiary/aromatic N) is 3. The second kappa shape index (κ2) is 7.55. The Hall–Kier alpha value is -2.57. The minimum atomic E-state index is -0.00174. The van der Waals surface area contributed by atoms with E-state index >= 15 is 0 Å². The monoisotopic (exact) mass is 344 g/mol. The summed E-state index contributed by atoms with van der Waals surface area (Å²) in [5.41, 5.74) is 0.583. The van der Waals surface area contributed by atoms with E-state index in [1.165, 1.54) is 12.5 Å². The molecular formula is C18H24N4O3. The van der Waals surface area contributed by atoms with Crippen molar-refractivity contribution in [3.63, 3.8) is 0 Å². The highest BCUT2D eigenvalue weighted by Crippen LogP contribution is 2.26. The van der Waals surface area contributed by atoms with Crippen LogP contribution in [0.4, 0.5) is 5.82 Å². The number of aromatic nitrogens is 2. The number of nitrogens with one attached hydrogen (secondary N) is 1. The molecule has 0 spiro atoms. The smallest absolute Gasteiger partial charge is 0.257 e. The van der Waals surface area contributed by atoms with Gasteiger partial charge in [0.05, 0.1) is 24.1 Å². The van der Waals surface area contributed by atoms with Crippen molar-refractivity contribution >= 4 is 17.6 Å². The van der Waals surface area contributed by atoms with Crippen molar-refractivity contribution in [2.75, 3.05) is 18.4 Å². The zero-order chi connectivity index (χ0) is 17.8. The molecule has 3 rings (SSSR count). The Morgan fingerprint density at radius 3 is 2.72 bits per heavy atom. The van der Waals surface area contributed by atoms with Crippen molar-refractivity contribution in [1.29, 1.82) is 0 Å². The molecule has 2 amide bonds. The molecule has 1 aliphatic rings. The van der Waals surface area contributed by atoms with Gasteiger partial charge in [0.15, 0.2) is 0 Å². The number of hydrogen-bond acceptors (Lipinski definition) is 4. The molecule has 0 atom stereocenters. The summed E-state index contributed by atoms with van der Waals surface area (Å²) in [4.78, 5) is 26.2. The molecule has 1 fully saturated rings. The maximum atomic E-state index is 12.4. The van der Waals surface area contributed by atoms with Crippen LogP contribution in [0, 0.1) is 5.92 Å². The Labute approximate surface area is 147 Å². The second-order valence-electron chi connectivity index (χ2n) is 6.84. The van der Waals surface area contributed by atoms with E-state index in [-0.39, 0.29) is 17.9 Å². The molecule has 1 N–H and O–H groups in total. The number of furan rings is 1. The number of piperidine rings is 1. The van der Waals surface area contributed by atoms with Gasteiger partial charge < -0.3 is 14.6 Å². The summed E-state index contributed by atoms with van der Waals surface area (Å²) in [6.07, 6.45) is 6.79. The van der Waals surface area contributed by atoms with E-state index in [4.69, 9.17) is 4.42 Å². The first-order chi connectivity index (χ1) is 12.0. The van der Waals surface area contributed by atoms with Crippen molar-refractivity contribution in [3.8, 4) is 0 Å². The van der Waals surface area contributed by atoms with Gasteiger partial charge in [-0.25, -0.2) is 4.68 Å². The summed E-state index contributed by atoms with van der Waals surface area (Å²) in [7, 11) is 0. The molecule has 1 aliphatic heterocycles. The third-order valence-electron chi connectivity index (χ3n) is 4.40. The molecule has 0 saturated carbocycles. The standard InChI is InChI=1S/C18H24N4O3/c1-13(2)11-17(23)20-16-3-7-19-22(16)15-4-8-21(9-5-15)18(24)14-6-10-25-12-14/h3,6-7,10,12-13,15H,4-5,8-9,11H2,1-2H3,(H,20,23). The fourth-order valence-electron chi connectivity index (χ4n) is 3.15. The molecule has 0 aromatic carbocycles. The lowest BCUT2D eigenvalue weighted by Crippen LogP contribution is -2.39. The van der Waals surface area contributed by atoms with Crippen LogP contribution in [-0.2, 0) is 4.79 Å². The van der Waals surface area contributed by atoms with Gasteiger partial charge in [-0.3, -0.25) is 9.59 Å². The minimum absolute atomic E-state index is 0.00174. The fourth-order valence-corrected chi connectivity index (χ4v) is 3.15. The van der Waals surface area contributed by atoms with E-state index in [9.17, 15) is 9.59 Å². The molecular weight excluding hydrogens is 320 g/mol. The van der Waals surface area contributed by atoms with Gasteiger partial charge in [-0.2, -0.15) is 5.10 Å². The number of carbonyl (C=O) groups excluding carboxylic acids is 2. The Morgan fingerprint density at radius 1 is 1.32 bits per heavy atom. The summed E-state index contributed by atoms with van der Waals surface area (Å²) in [5.74, 6) is 1.04. The molecule has 3 heterocycles. The fraction of sp³-hybridized carbons (Fsp3) is 0.500. The third-order valence-corrected chi connectivity index (χ3v) is 4.40. The van der Waals surface area contributed by atoms with Crippen molar-refractivity contribution in [3.05, 3.63) is 36.4 Å². The molecule has 134 valence electrons. The lowest BCUT2D eigenvalue weighted by Gasteiger charge is -2.32. The quantitative estimate of drug-likeness (QED) is 0.904. The molecule has 0 unspecified atom stereocenters. The molecule has 7 nitrogen and oxygen atoms in total. The summed E-state index contributed by atoms with van der Waals surface area (Å²) in [6, 6.07) is 3.68. The van der Waals surface area contributed by atoms with Crippen LogP contribution >= 0.6 is 0 Å². The number of anilines is 1. The first-order valence-electron chi connectivity index (χ1n) is 8.69. The lowest BCUT2D eigenvalue weighted by molar-refractivity contribution is -0.116. The third kappa shape index (κ3) is 4.10. The van der Waals surface area contributed by atoms with Crippen LogP contribution in [0.2, 0.25) is 0 Å². The molecule has 0 bridgehead atoms. The van der Waals surface area contributed by atoms with E-state index < -0.39 is 0 Å². The Bertz CT molecular complexity index is 713. The normalized spacial score (nSPS) is 15.6. The predicted molar refractivity (Wildman–Crippen MR) is 93.2 cm³/mol. The second-order valence-corrected chi connectivity index (χ2v) is 6.84. The zero-order valence-electron chi connectivity index (χ0n) is 14.6. The van der Waals surface area contributed by atoms with Gasteiger partial charge in [-0.1, -0.05) is 13.8 Å². The van der Waals surface area contributed by atoms with Crippen molar-refractivity contribution < 1.29 is 14.0 Å². The van der Waals surface area contributed by atoms with Crippen molar-refractivity contribution in [2.45, 2.75) is 39.2 Å². The maximum Gasteiger partial charge on any atom is 0.257 e. The van der Waals surface area contributed by atoms with Crippen LogP contribution in [0.1, 0.15) is 49.5 Å². The molecule has 0 aliphatic carbocycles. The van der Waals surface area contributed by atoms with Gasteiger partial charge >= 0.3 is 0 Å². The highest BCUT2D eigenvalue weighted by atomic mass is 16.3. The summed E-state index contributed by atoms with van der Waals surface area (Å²) in [6.45, 7) is 5.36. The average molecular weight is 344 g/mol. The van der Waals surface area contributed by atoms with Crippen molar-refractivity contribution in [1.82, 2.24) is 14.7 Å². The van der Waals surface area contributed by atoms with Gasteiger partial charge in [0.25, 0.3) is 5.91 Å². The molecule has 2 aromatic rings. The molecule has 1 saturated heterocycles. The van der Waals surface area contributed by atoms with Gasteiger partial charge in [0.1, 0.15) is 12.1 Å². The summed E-state index contributed by atoms with van der Waals surface area (Å²) in [5, 5.41) is 7.32. The summed E-state index contributed by atoms with van der Waals surface area (Å²) < 4.78 is 6.86. The van der Waals surface area contributed by atoms with Gasteiger partial charge in [-0.15, -0.1) is 0 Å². The first-order valence-corrected chi connectivity index (χ1v) is 8.69. The van der Waals surface area contributed by atoms with Gasteiger partial charge in [0, 0.05) is 25.6 Å². The first kappa shape index (κ1) is 17.3.